The molecule has 0 aromatic heterocycles. The number of methoxy groups -OCH3 is 3. The van der Waals surface area contributed by atoms with Gasteiger partial charge in [-0.3, -0.25) is 0 Å². The van der Waals surface area contributed by atoms with Crippen molar-refractivity contribution in [2.45, 2.75) is 12.8 Å². The topological polar surface area (TPSA) is 51.5 Å². The molecule has 0 unspecified atom stereocenters. The molecule has 4 heteroatoms. The molecule has 0 N–H and O–H groups in total. The third-order valence-electron chi connectivity index (χ3n) is 3.95. The summed E-state index contributed by atoms with van der Waals surface area (Å²) in [5, 5.41) is 9.45. The van der Waals surface area contributed by atoms with Crippen LogP contribution in [-0.2, 0) is 0 Å². The number of nitriles is 1. The molecule has 0 fully saturated rings. The van der Waals surface area contributed by atoms with Crippen LogP contribution in [0.3, 0.4) is 0 Å². The molecule has 0 aliphatic heterocycles. The van der Waals surface area contributed by atoms with E-state index >= 15 is 0 Å². The first-order chi connectivity index (χ1) is 11.1. The van der Waals surface area contributed by atoms with Gasteiger partial charge in [0.05, 0.1) is 33.3 Å². The second-order valence-corrected chi connectivity index (χ2v) is 5.28. The molecule has 0 saturated carbocycles. The van der Waals surface area contributed by atoms with Gasteiger partial charge in [0.15, 0.2) is 0 Å². The lowest BCUT2D eigenvalue weighted by Gasteiger charge is -2.23. The normalized spacial score (nSPS) is 12.8. The zero-order valence-corrected chi connectivity index (χ0v) is 13.9. The highest BCUT2D eigenvalue weighted by Gasteiger charge is 2.25. The van der Waals surface area contributed by atoms with Gasteiger partial charge in [0.25, 0.3) is 0 Å². The van der Waals surface area contributed by atoms with Crippen LogP contribution in [0.15, 0.2) is 42.5 Å². The molecule has 23 heavy (non-hydrogen) atoms. The summed E-state index contributed by atoms with van der Waals surface area (Å²) >= 11 is 0. The van der Waals surface area contributed by atoms with Gasteiger partial charge in [-0.2, -0.15) is 5.26 Å². The van der Waals surface area contributed by atoms with Gasteiger partial charge < -0.3 is 14.2 Å². The van der Waals surface area contributed by atoms with Gasteiger partial charge in [0.1, 0.15) is 17.2 Å². The van der Waals surface area contributed by atoms with E-state index in [-0.39, 0.29) is 11.8 Å². The van der Waals surface area contributed by atoms with Gasteiger partial charge in [0, 0.05) is 17.5 Å². The number of ether oxygens (including phenoxy) is 3. The predicted molar refractivity (Wildman–Crippen MR) is 89.2 cm³/mol. The van der Waals surface area contributed by atoms with Crippen LogP contribution in [-0.4, -0.2) is 21.3 Å². The summed E-state index contributed by atoms with van der Waals surface area (Å²) in [5.74, 6) is 1.94. The summed E-state index contributed by atoms with van der Waals surface area (Å²) in [6.45, 7) is 1.92. The minimum atomic E-state index is -0.203. The Kier molecular flexibility index (Phi) is 5.48. The van der Waals surface area contributed by atoms with Gasteiger partial charge in [-0.25, -0.2) is 0 Å². The number of nitrogens with zero attached hydrogens (tertiary/aromatic N) is 1. The second-order valence-electron chi connectivity index (χ2n) is 5.28. The Morgan fingerprint density at radius 2 is 1.48 bits per heavy atom. The lowest BCUT2D eigenvalue weighted by molar-refractivity contribution is 0.387. The molecule has 0 amide bonds. The summed E-state index contributed by atoms with van der Waals surface area (Å²) in [4.78, 5) is 0. The Labute approximate surface area is 137 Å². The molecule has 4 nitrogen and oxygen atoms in total. The monoisotopic (exact) mass is 311 g/mol. The second kappa shape index (κ2) is 7.55. The fourth-order valence-electron chi connectivity index (χ4n) is 2.70. The molecule has 2 aromatic carbocycles. The van der Waals surface area contributed by atoms with Crippen LogP contribution < -0.4 is 14.2 Å². The lowest BCUT2D eigenvalue weighted by Crippen LogP contribution is -2.11. The Morgan fingerprint density at radius 3 is 2.00 bits per heavy atom. The van der Waals surface area contributed by atoms with Crippen LogP contribution in [0.5, 0.6) is 17.2 Å². The fourth-order valence-corrected chi connectivity index (χ4v) is 2.70. The van der Waals surface area contributed by atoms with Gasteiger partial charge >= 0.3 is 0 Å². The van der Waals surface area contributed by atoms with Crippen molar-refractivity contribution >= 4 is 0 Å². The van der Waals surface area contributed by atoms with Crippen molar-refractivity contribution in [1.29, 1.82) is 5.26 Å². The van der Waals surface area contributed by atoms with E-state index in [0.29, 0.717) is 5.75 Å². The van der Waals surface area contributed by atoms with Crippen LogP contribution in [0.1, 0.15) is 24.0 Å². The van der Waals surface area contributed by atoms with E-state index in [1.54, 1.807) is 21.3 Å². The van der Waals surface area contributed by atoms with Crippen LogP contribution in [0.25, 0.3) is 0 Å². The van der Waals surface area contributed by atoms with Gasteiger partial charge in [-0.05, 0) is 30.7 Å². The van der Waals surface area contributed by atoms with Crippen molar-refractivity contribution in [3.8, 4) is 23.3 Å². The van der Waals surface area contributed by atoms with Crippen molar-refractivity contribution in [1.82, 2.24) is 0 Å². The third-order valence-corrected chi connectivity index (χ3v) is 3.95. The Balaban J connectivity index is 2.52. The van der Waals surface area contributed by atoms with E-state index in [4.69, 9.17) is 14.2 Å². The van der Waals surface area contributed by atoms with E-state index in [2.05, 4.69) is 6.07 Å². The number of benzene rings is 2. The highest BCUT2D eigenvalue weighted by atomic mass is 16.5. The number of hydrogen-bond donors (Lipinski definition) is 0. The molecule has 0 aliphatic rings. The van der Waals surface area contributed by atoms with Crippen LogP contribution in [0, 0.1) is 17.2 Å². The average Bonchev–Trinajstić information content (AvgIpc) is 2.62. The van der Waals surface area contributed by atoms with Crippen LogP contribution in [0.4, 0.5) is 0 Å². The summed E-state index contributed by atoms with van der Waals surface area (Å²) in [7, 11) is 4.88. The molecule has 0 bridgehead atoms. The lowest BCUT2D eigenvalue weighted by atomic mass is 9.82. The molecule has 0 spiro atoms. The summed E-state index contributed by atoms with van der Waals surface area (Å²) < 4.78 is 16.0. The van der Waals surface area contributed by atoms with E-state index in [9.17, 15) is 5.26 Å². The summed E-state index contributed by atoms with van der Waals surface area (Å²) in [6.07, 6.45) is 0. The van der Waals surface area contributed by atoms with Gasteiger partial charge in [-0.15, -0.1) is 0 Å². The first-order valence-electron chi connectivity index (χ1n) is 7.40. The zero-order chi connectivity index (χ0) is 16.8. The molecule has 120 valence electrons. The van der Waals surface area contributed by atoms with Crippen LogP contribution in [0.2, 0.25) is 0 Å². The summed E-state index contributed by atoms with van der Waals surface area (Å²) in [6, 6.07) is 15.8. The maximum absolute atomic E-state index is 9.45. The molecule has 2 aromatic rings. The third kappa shape index (κ3) is 3.57. The SMILES string of the molecule is COc1ccc([C@@H](c2ccc(OC)cc2OC)[C@@H](C)C#N)cc1. The van der Waals surface area contributed by atoms with Crippen LogP contribution >= 0.6 is 0 Å². The molecular formula is C19H21NO3. The standard InChI is InChI=1S/C19H21NO3/c1-13(12-20)19(14-5-7-15(21-2)8-6-14)17-10-9-16(22-3)11-18(17)23-4/h5-11,13,19H,1-4H3/t13-,19-/m0/s1. The Bertz CT molecular complexity index is 689. The summed E-state index contributed by atoms with van der Waals surface area (Å²) in [5.41, 5.74) is 2.01. The van der Waals surface area contributed by atoms with Crippen molar-refractivity contribution in [3.05, 3.63) is 53.6 Å². The van der Waals surface area contributed by atoms with Crippen molar-refractivity contribution in [2.24, 2.45) is 5.92 Å². The molecular weight excluding hydrogens is 290 g/mol. The molecule has 0 saturated heterocycles. The van der Waals surface area contributed by atoms with E-state index in [0.717, 1.165) is 22.6 Å². The van der Waals surface area contributed by atoms with Crippen molar-refractivity contribution in [3.63, 3.8) is 0 Å². The first kappa shape index (κ1) is 16.7. The van der Waals surface area contributed by atoms with Crippen molar-refractivity contribution in [2.75, 3.05) is 21.3 Å². The first-order valence-corrected chi connectivity index (χ1v) is 7.40. The Hall–Kier alpha value is -2.67. The minimum Gasteiger partial charge on any atom is -0.497 e. The molecule has 2 atom stereocenters. The number of hydrogen-bond acceptors (Lipinski definition) is 4. The van der Waals surface area contributed by atoms with Crippen molar-refractivity contribution < 1.29 is 14.2 Å². The quantitative estimate of drug-likeness (QED) is 0.809. The van der Waals surface area contributed by atoms with Gasteiger partial charge in [0.2, 0.25) is 0 Å². The maximum atomic E-state index is 9.45. The molecule has 0 heterocycles. The maximum Gasteiger partial charge on any atom is 0.126 e. The molecule has 0 radical (unpaired) electrons. The minimum absolute atomic E-state index is 0.0910. The van der Waals surface area contributed by atoms with E-state index < -0.39 is 0 Å². The highest BCUT2D eigenvalue weighted by Crippen LogP contribution is 2.39. The van der Waals surface area contributed by atoms with Gasteiger partial charge in [-0.1, -0.05) is 18.2 Å². The highest BCUT2D eigenvalue weighted by molar-refractivity contribution is 5.48. The fraction of sp³-hybridized carbons (Fsp3) is 0.316. The molecule has 0 aliphatic carbocycles. The predicted octanol–water partition coefficient (Wildman–Crippen LogP) is 4.00. The Morgan fingerprint density at radius 1 is 0.870 bits per heavy atom. The average molecular weight is 311 g/mol. The zero-order valence-electron chi connectivity index (χ0n) is 13.9. The smallest absolute Gasteiger partial charge is 0.126 e. The molecule has 2 rings (SSSR count). The largest absolute Gasteiger partial charge is 0.497 e. The number of rotatable bonds is 6. The van der Waals surface area contributed by atoms with E-state index in [1.807, 2.05) is 49.4 Å². The van der Waals surface area contributed by atoms with E-state index in [1.165, 1.54) is 0 Å².